The lowest BCUT2D eigenvalue weighted by atomic mass is 10.2. The van der Waals surface area contributed by atoms with Crippen LogP contribution in [0.2, 0.25) is 0 Å². The third-order valence-corrected chi connectivity index (χ3v) is 3.73. The molecule has 0 saturated carbocycles. The van der Waals surface area contributed by atoms with Gasteiger partial charge in [-0.25, -0.2) is 4.98 Å². The largest absolute Gasteiger partial charge is 0.453 e. The number of rotatable bonds is 7. The quantitative estimate of drug-likeness (QED) is 0.600. The van der Waals surface area contributed by atoms with Gasteiger partial charge in [-0.05, 0) is 19.1 Å². The second kappa shape index (κ2) is 8.23. The standard InChI is InChI=1S/C18H21N3O4/c1-4-11-19-17(23)12(2)25-16(22)10-9-15-20-14-8-6-5-7-13(14)18(24)21(15)3/h4-8,12H,1,9-11H2,2-3H3,(H,19,23)/t12-/m0/s1. The van der Waals surface area contributed by atoms with E-state index in [1.165, 1.54) is 11.5 Å². The Morgan fingerprint density at radius 1 is 1.40 bits per heavy atom. The Labute approximate surface area is 145 Å². The van der Waals surface area contributed by atoms with Crippen molar-refractivity contribution in [2.45, 2.75) is 25.9 Å². The van der Waals surface area contributed by atoms with E-state index in [4.69, 9.17) is 4.74 Å². The Kier molecular flexibility index (Phi) is 6.05. The van der Waals surface area contributed by atoms with E-state index in [0.29, 0.717) is 23.3 Å². The lowest BCUT2D eigenvalue weighted by Gasteiger charge is -2.13. The van der Waals surface area contributed by atoms with Crippen molar-refractivity contribution in [3.8, 4) is 0 Å². The maximum Gasteiger partial charge on any atom is 0.307 e. The number of hydrogen-bond donors (Lipinski definition) is 1. The van der Waals surface area contributed by atoms with Gasteiger partial charge in [-0.15, -0.1) is 6.58 Å². The number of nitrogens with zero attached hydrogens (tertiary/aromatic N) is 2. The van der Waals surface area contributed by atoms with E-state index >= 15 is 0 Å². The van der Waals surface area contributed by atoms with E-state index in [0.717, 1.165) is 0 Å². The molecule has 0 aliphatic rings. The molecule has 1 aromatic heterocycles. The van der Waals surface area contributed by atoms with Gasteiger partial charge in [-0.3, -0.25) is 19.0 Å². The Bertz CT molecular complexity index is 857. The first-order valence-corrected chi connectivity index (χ1v) is 7.96. The second-order valence-electron chi connectivity index (χ2n) is 5.58. The van der Waals surface area contributed by atoms with Crippen molar-refractivity contribution in [1.29, 1.82) is 0 Å². The summed E-state index contributed by atoms with van der Waals surface area (Å²) in [5.74, 6) is -0.419. The molecule has 7 nitrogen and oxygen atoms in total. The SMILES string of the molecule is C=CCNC(=O)[C@H](C)OC(=O)CCc1nc2ccccc2c(=O)n1C. The summed E-state index contributed by atoms with van der Waals surface area (Å²) in [4.78, 5) is 40.3. The average molecular weight is 343 g/mol. The van der Waals surface area contributed by atoms with E-state index < -0.39 is 12.1 Å². The minimum atomic E-state index is -0.888. The van der Waals surface area contributed by atoms with E-state index in [9.17, 15) is 14.4 Å². The summed E-state index contributed by atoms with van der Waals surface area (Å²) in [6.07, 6.45) is 0.924. The molecule has 0 saturated heterocycles. The van der Waals surface area contributed by atoms with E-state index in [-0.39, 0.29) is 24.3 Å². The Morgan fingerprint density at radius 3 is 2.84 bits per heavy atom. The molecule has 7 heteroatoms. The molecule has 2 rings (SSSR count). The number of esters is 1. The number of nitrogens with one attached hydrogen (secondary N) is 1. The predicted molar refractivity (Wildman–Crippen MR) is 94.1 cm³/mol. The smallest absolute Gasteiger partial charge is 0.307 e. The van der Waals surface area contributed by atoms with Crippen LogP contribution in [0.4, 0.5) is 0 Å². The highest BCUT2D eigenvalue weighted by atomic mass is 16.5. The van der Waals surface area contributed by atoms with Crippen LogP contribution in [-0.4, -0.2) is 34.1 Å². The molecule has 0 aliphatic heterocycles. The third kappa shape index (κ3) is 4.53. The molecule has 0 spiro atoms. The Hall–Kier alpha value is -2.96. The molecule has 0 aliphatic carbocycles. The molecule has 0 bridgehead atoms. The second-order valence-corrected chi connectivity index (χ2v) is 5.58. The first-order valence-electron chi connectivity index (χ1n) is 7.96. The van der Waals surface area contributed by atoms with Crippen LogP contribution in [0.15, 0.2) is 41.7 Å². The zero-order valence-corrected chi connectivity index (χ0v) is 14.3. The summed E-state index contributed by atoms with van der Waals surface area (Å²) in [5.41, 5.74) is 0.428. The van der Waals surface area contributed by atoms with Gasteiger partial charge >= 0.3 is 5.97 Å². The topological polar surface area (TPSA) is 90.3 Å². The number of carbonyl (C=O) groups is 2. The number of benzene rings is 1. The summed E-state index contributed by atoms with van der Waals surface area (Å²) < 4.78 is 6.51. The zero-order valence-electron chi connectivity index (χ0n) is 14.3. The van der Waals surface area contributed by atoms with E-state index in [1.807, 2.05) is 0 Å². The number of ether oxygens (including phenoxy) is 1. The molecule has 1 amide bonds. The summed E-state index contributed by atoms with van der Waals surface area (Å²) in [6, 6.07) is 7.05. The van der Waals surface area contributed by atoms with Crippen molar-refractivity contribution < 1.29 is 14.3 Å². The van der Waals surface area contributed by atoms with Gasteiger partial charge in [0.25, 0.3) is 11.5 Å². The Balaban J connectivity index is 2.01. The monoisotopic (exact) mass is 343 g/mol. The van der Waals surface area contributed by atoms with Gasteiger partial charge in [0, 0.05) is 20.0 Å². The fourth-order valence-electron chi connectivity index (χ4n) is 2.33. The van der Waals surface area contributed by atoms with Crippen molar-refractivity contribution in [3.63, 3.8) is 0 Å². The fourth-order valence-corrected chi connectivity index (χ4v) is 2.33. The van der Waals surface area contributed by atoms with E-state index in [2.05, 4.69) is 16.9 Å². The fraction of sp³-hybridized carbons (Fsp3) is 0.333. The van der Waals surface area contributed by atoms with Gasteiger partial charge < -0.3 is 10.1 Å². The van der Waals surface area contributed by atoms with Crippen LogP contribution in [0.1, 0.15) is 19.2 Å². The first-order chi connectivity index (χ1) is 11.9. The van der Waals surface area contributed by atoms with Crippen molar-refractivity contribution in [1.82, 2.24) is 14.9 Å². The van der Waals surface area contributed by atoms with Crippen molar-refractivity contribution in [2.24, 2.45) is 7.05 Å². The van der Waals surface area contributed by atoms with Crippen LogP contribution in [0, 0.1) is 0 Å². The van der Waals surface area contributed by atoms with Gasteiger partial charge in [-0.1, -0.05) is 18.2 Å². The minimum Gasteiger partial charge on any atom is -0.453 e. The number of fused-ring (bicyclic) bond motifs is 1. The molecule has 0 unspecified atom stereocenters. The summed E-state index contributed by atoms with van der Waals surface area (Å²) in [7, 11) is 1.62. The van der Waals surface area contributed by atoms with E-state index in [1.54, 1.807) is 37.4 Å². The molecule has 1 aromatic carbocycles. The summed E-state index contributed by atoms with van der Waals surface area (Å²) in [6.45, 7) is 5.31. The van der Waals surface area contributed by atoms with Crippen LogP contribution in [0.5, 0.6) is 0 Å². The highest BCUT2D eigenvalue weighted by Crippen LogP contribution is 2.09. The van der Waals surface area contributed by atoms with Gasteiger partial charge in [0.2, 0.25) is 0 Å². The molecule has 1 N–H and O–H groups in total. The maximum absolute atomic E-state index is 12.3. The number of hydrogen-bond acceptors (Lipinski definition) is 5. The lowest BCUT2D eigenvalue weighted by Crippen LogP contribution is -2.36. The molecule has 25 heavy (non-hydrogen) atoms. The summed E-state index contributed by atoms with van der Waals surface area (Å²) in [5, 5.41) is 3.09. The maximum atomic E-state index is 12.3. The van der Waals surface area contributed by atoms with Crippen LogP contribution >= 0.6 is 0 Å². The average Bonchev–Trinajstić information content (AvgIpc) is 2.61. The Morgan fingerprint density at radius 2 is 2.12 bits per heavy atom. The molecule has 1 atom stereocenters. The van der Waals surface area contributed by atoms with Crippen LogP contribution < -0.4 is 10.9 Å². The zero-order chi connectivity index (χ0) is 18.4. The highest BCUT2D eigenvalue weighted by Gasteiger charge is 2.17. The van der Waals surface area contributed by atoms with Gasteiger partial charge in [0.15, 0.2) is 6.10 Å². The number of aromatic nitrogens is 2. The molecule has 2 aromatic rings. The number of para-hydroxylation sites is 1. The number of carbonyl (C=O) groups excluding carboxylic acids is 2. The predicted octanol–water partition coefficient (Wildman–Crippen LogP) is 1.10. The van der Waals surface area contributed by atoms with Crippen LogP contribution in [0.25, 0.3) is 10.9 Å². The highest BCUT2D eigenvalue weighted by molar-refractivity contribution is 5.83. The molecular formula is C18H21N3O4. The molecule has 132 valence electrons. The molecule has 0 radical (unpaired) electrons. The number of amides is 1. The summed E-state index contributed by atoms with van der Waals surface area (Å²) >= 11 is 0. The van der Waals surface area contributed by atoms with Crippen molar-refractivity contribution in [2.75, 3.05) is 6.54 Å². The molecule has 1 heterocycles. The first kappa shape index (κ1) is 18.4. The van der Waals surface area contributed by atoms with Crippen LogP contribution in [-0.2, 0) is 27.8 Å². The number of aryl methyl sites for hydroxylation is 1. The van der Waals surface area contributed by atoms with Crippen molar-refractivity contribution >= 4 is 22.8 Å². The van der Waals surface area contributed by atoms with Crippen molar-refractivity contribution in [3.05, 3.63) is 53.1 Å². The van der Waals surface area contributed by atoms with Crippen LogP contribution in [0.3, 0.4) is 0 Å². The normalized spacial score (nSPS) is 11.8. The lowest BCUT2D eigenvalue weighted by molar-refractivity contribution is -0.154. The third-order valence-electron chi connectivity index (χ3n) is 3.73. The molecule has 0 fully saturated rings. The van der Waals surface area contributed by atoms with Gasteiger partial charge in [0.05, 0.1) is 17.3 Å². The van der Waals surface area contributed by atoms with Gasteiger partial charge in [0.1, 0.15) is 5.82 Å². The minimum absolute atomic E-state index is 0.0255. The molecular weight excluding hydrogens is 322 g/mol. The van der Waals surface area contributed by atoms with Gasteiger partial charge in [-0.2, -0.15) is 0 Å².